The van der Waals surface area contributed by atoms with Crippen molar-refractivity contribution in [2.75, 3.05) is 26.3 Å². The van der Waals surface area contributed by atoms with Gasteiger partial charge in [-0.15, -0.1) is 24.0 Å². The summed E-state index contributed by atoms with van der Waals surface area (Å²) in [6.07, 6.45) is 5.47. The van der Waals surface area contributed by atoms with E-state index in [1.807, 2.05) is 0 Å². The van der Waals surface area contributed by atoms with Gasteiger partial charge in [-0.25, -0.2) is 0 Å². The van der Waals surface area contributed by atoms with Gasteiger partial charge < -0.3 is 20.1 Å². The minimum Gasteiger partial charge on any atom is -0.380 e. The van der Waals surface area contributed by atoms with E-state index in [9.17, 15) is 0 Å². The van der Waals surface area contributed by atoms with Crippen LogP contribution in [0.3, 0.4) is 0 Å². The maximum absolute atomic E-state index is 5.87. The molecule has 2 bridgehead atoms. The number of hydrogen-bond donors (Lipinski definition) is 2. The summed E-state index contributed by atoms with van der Waals surface area (Å²) in [5.41, 5.74) is 0. The van der Waals surface area contributed by atoms with Gasteiger partial charge in [-0.2, -0.15) is 0 Å². The largest absolute Gasteiger partial charge is 0.380 e. The Morgan fingerprint density at radius 3 is 2.73 bits per heavy atom. The van der Waals surface area contributed by atoms with Crippen molar-refractivity contribution in [1.82, 2.24) is 10.6 Å². The molecule has 5 nitrogen and oxygen atoms in total. The Labute approximate surface area is 152 Å². The first-order valence-electron chi connectivity index (χ1n) is 8.47. The van der Waals surface area contributed by atoms with Crippen LogP contribution in [-0.4, -0.2) is 50.5 Å². The first-order valence-corrected chi connectivity index (χ1v) is 8.47. The van der Waals surface area contributed by atoms with Crippen molar-refractivity contribution < 1.29 is 9.47 Å². The lowest BCUT2D eigenvalue weighted by Gasteiger charge is -2.22. The van der Waals surface area contributed by atoms with Crippen molar-refractivity contribution in [2.24, 2.45) is 10.9 Å². The third-order valence-corrected chi connectivity index (χ3v) is 4.12. The molecule has 0 aromatic rings. The number of rotatable bonds is 8. The zero-order valence-electron chi connectivity index (χ0n) is 14.1. The maximum Gasteiger partial charge on any atom is 0.191 e. The second-order valence-corrected chi connectivity index (χ2v) is 6.42. The lowest BCUT2D eigenvalue weighted by Crippen LogP contribution is -2.47. The monoisotopic (exact) mass is 425 g/mol. The van der Waals surface area contributed by atoms with Crippen LogP contribution in [0.15, 0.2) is 4.99 Å². The van der Waals surface area contributed by atoms with Gasteiger partial charge in [-0.1, -0.05) is 13.8 Å². The molecule has 130 valence electrons. The lowest BCUT2D eigenvalue weighted by atomic mass is 9.96. The minimum atomic E-state index is 0. The standard InChI is InChI=1S/C16H31N3O2.HI/c1-4-17-16(18-8-10-20-9-7-12(2)3)19-14-11-13-5-6-15(14)21-13;/h12-15H,4-11H2,1-3H3,(H2,17,18,19);1H. The first-order chi connectivity index (χ1) is 10.2. The average Bonchev–Trinajstić information content (AvgIpc) is 3.05. The van der Waals surface area contributed by atoms with E-state index in [0.717, 1.165) is 32.0 Å². The van der Waals surface area contributed by atoms with Crippen molar-refractivity contribution in [2.45, 2.75) is 64.7 Å². The molecule has 0 radical (unpaired) electrons. The van der Waals surface area contributed by atoms with Crippen LogP contribution < -0.4 is 10.6 Å². The summed E-state index contributed by atoms with van der Waals surface area (Å²) in [6.45, 7) is 9.62. The molecule has 2 aliphatic rings. The van der Waals surface area contributed by atoms with Gasteiger partial charge in [0.2, 0.25) is 0 Å². The van der Waals surface area contributed by atoms with Gasteiger partial charge in [0.15, 0.2) is 5.96 Å². The number of nitrogens with one attached hydrogen (secondary N) is 2. The fourth-order valence-electron chi connectivity index (χ4n) is 2.93. The molecule has 2 heterocycles. The van der Waals surface area contributed by atoms with Gasteiger partial charge >= 0.3 is 0 Å². The number of halogens is 1. The van der Waals surface area contributed by atoms with Gasteiger partial charge in [0.1, 0.15) is 0 Å². The van der Waals surface area contributed by atoms with Crippen LogP contribution in [0.5, 0.6) is 0 Å². The Hall–Kier alpha value is -0.0800. The molecule has 3 unspecified atom stereocenters. The molecule has 0 spiro atoms. The second kappa shape index (κ2) is 10.6. The van der Waals surface area contributed by atoms with Crippen molar-refractivity contribution >= 4 is 29.9 Å². The maximum atomic E-state index is 5.87. The van der Waals surface area contributed by atoms with Crippen LogP contribution in [0.1, 0.15) is 46.5 Å². The Kier molecular flexibility index (Phi) is 9.66. The van der Waals surface area contributed by atoms with Crippen LogP contribution >= 0.6 is 24.0 Å². The highest BCUT2D eigenvalue weighted by atomic mass is 127. The number of nitrogens with zero attached hydrogens (tertiary/aromatic N) is 1. The molecule has 2 saturated heterocycles. The Bertz CT molecular complexity index is 339. The summed E-state index contributed by atoms with van der Waals surface area (Å²) in [4.78, 5) is 4.59. The molecule has 2 N–H and O–H groups in total. The average molecular weight is 425 g/mol. The first kappa shape index (κ1) is 20.0. The molecule has 22 heavy (non-hydrogen) atoms. The molecule has 0 saturated carbocycles. The van der Waals surface area contributed by atoms with Crippen LogP contribution in [0.25, 0.3) is 0 Å². The van der Waals surface area contributed by atoms with E-state index in [0.29, 0.717) is 37.3 Å². The summed E-state index contributed by atoms with van der Waals surface area (Å²) >= 11 is 0. The Balaban J connectivity index is 0.00000242. The summed E-state index contributed by atoms with van der Waals surface area (Å²) in [5, 5.41) is 6.82. The molecule has 0 aromatic heterocycles. The topological polar surface area (TPSA) is 54.9 Å². The molecular formula is C16H32IN3O2. The molecule has 2 fully saturated rings. The lowest BCUT2D eigenvalue weighted by molar-refractivity contribution is 0.0992. The van der Waals surface area contributed by atoms with Crippen molar-refractivity contribution in [1.29, 1.82) is 0 Å². The molecule has 2 rings (SSSR count). The zero-order chi connectivity index (χ0) is 15.1. The van der Waals surface area contributed by atoms with Crippen LogP contribution in [-0.2, 0) is 9.47 Å². The summed E-state index contributed by atoms with van der Waals surface area (Å²) in [5.74, 6) is 1.59. The highest BCUT2D eigenvalue weighted by Gasteiger charge is 2.41. The van der Waals surface area contributed by atoms with Gasteiger partial charge in [0.25, 0.3) is 0 Å². The number of hydrogen-bond acceptors (Lipinski definition) is 3. The minimum absolute atomic E-state index is 0. The number of aliphatic imine (C=N–C) groups is 1. The van der Waals surface area contributed by atoms with Gasteiger partial charge in [0.05, 0.1) is 31.4 Å². The molecular weight excluding hydrogens is 393 g/mol. The van der Waals surface area contributed by atoms with E-state index >= 15 is 0 Å². The van der Waals surface area contributed by atoms with E-state index < -0.39 is 0 Å². The number of fused-ring (bicyclic) bond motifs is 2. The third kappa shape index (κ3) is 6.58. The number of guanidine groups is 1. The number of ether oxygens (including phenoxy) is 2. The summed E-state index contributed by atoms with van der Waals surface area (Å²) in [7, 11) is 0. The third-order valence-electron chi connectivity index (χ3n) is 4.12. The van der Waals surface area contributed by atoms with E-state index in [1.165, 1.54) is 12.8 Å². The fraction of sp³-hybridized carbons (Fsp3) is 0.938. The van der Waals surface area contributed by atoms with Crippen molar-refractivity contribution in [3.63, 3.8) is 0 Å². The smallest absolute Gasteiger partial charge is 0.191 e. The summed E-state index contributed by atoms with van der Waals surface area (Å²) < 4.78 is 11.5. The van der Waals surface area contributed by atoms with E-state index in [-0.39, 0.29) is 24.0 Å². The molecule has 0 aromatic carbocycles. The van der Waals surface area contributed by atoms with Gasteiger partial charge in [0, 0.05) is 13.2 Å². The molecule has 6 heteroatoms. The SMILES string of the molecule is CCNC(=NCCOCCC(C)C)NC1CC2CCC1O2.I. The quantitative estimate of drug-likeness (QED) is 0.272. The van der Waals surface area contributed by atoms with E-state index in [4.69, 9.17) is 9.47 Å². The second-order valence-electron chi connectivity index (χ2n) is 6.42. The Morgan fingerprint density at radius 2 is 2.14 bits per heavy atom. The highest BCUT2D eigenvalue weighted by Crippen LogP contribution is 2.34. The fourth-order valence-corrected chi connectivity index (χ4v) is 2.93. The predicted octanol–water partition coefficient (Wildman–Crippen LogP) is 2.54. The van der Waals surface area contributed by atoms with Gasteiger partial charge in [-0.05, 0) is 38.5 Å². The molecule has 2 aliphatic heterocycles. The normalized spacial score (nSPS) is 27.1. The molecule has 0 aliphatic carbocycles. The van der Waals surface area contributed by atoms with Crippen molar-refractivity contribution in [3.8, 4) is 0 Å². The van der Waals surface area contributed by atoms with Crippen LogP contribution in [0, 0.1) is 5.92 Å². The van der Waals surface area contributed by atoms with Crippen molar-refractivity contribution in [3.05, 3.63) is 0 Å². The predicted molar refractivity (Wildman–Crippen MR) is 101 cm³/mol. The van der Waals surface area contributed by atoms with Crippen LogP contribution in [0.2, 0.25) is 0 Å². The Morgan fingerprint density at radius 1 is 1.32 bits per heavy atom. The van der Waals surface area contributed by atoms with Gasteiger partial charge in [-0.3, -0.25) is 4.99 Å². The molecule has 3 atom stereocenters. The van der Waals surface area contributed by atoms with E-state index in [1.54, 1.807) is 0 Å². The summed E-state index contributed by atoms with van der Waals surface area (Å²) in [6, 6.07) is 0.420. The highest BCUT2D eigenvalue weighted by molar-refractivity contribution is 14.0. The van der Waals surface area contributed by atoms with E-state index in [2.05, 4.69) is 36.4 Å². The zero-order valence-corrected chi connectivity index (χ0v) is 16.5. The van der Waals surface area contributed by atoms with Crippen LogP contribution in [0.4, 0.5) is 0 Å². The molecule has 0 amide bonds.